The lowest BCUT2D eigenvalue weighted by Gasteiger charge is -2.48. The van der Waals surface area contributed by atoms with Crippen LogP contribution in [0.5, 0.6) is 0 Å². The fourth-order valence-corrected chi connectivity index (χ4v) is 3.44. The molecular weight excluding hydrogens is 172 g/mol. The van der Waals surface area contributed by atoms with Crippen molar-refractivity contribution in [2.24, 2.45) is 0 Å². The van der Waals surface area contributed by atoms with Crippen LogP contribution in [0.1, 0.15) is 39.0 Å². The van der Waals surface area contributed by atoms with E-state index < -0.39 is 0 Å². The maximum Gasteiger partial charge on any atom is 0.0224 e. The molecule has 0 radical (unpaired) electrons. The molecule has 0 aromatic heterocycles. The van der Waals surface area contributed by atoms with E-state index in [2.05, 4.69) is 16.7 Å². The molecule has 2 nitrogen and oxygen atoms in total. The van der Waals surface area contributed by atoms with E-state index >= 15 is 0 Å². The molecule has 0 N–H and O–H groups in total. The zero-order chi connectivity index (χ0) is 9.54. The Labute approximate surface area is 87.3 Å². The topological polar surface area (TPSA) is 6.48 Å². The van der Waals surface area contributed by atoms with Gasteiger partial charge in [0.1, 0.15) is 0 Å². The Morgan fingerprint density at radius 1 is 0.929 bits per heavy atom. The van der Waals surface area contributed by atoms with Gasteiger partial charge in [-0.3, -0.25) is 9.80 Å². The zero-order valence-electron chi connectivity index (χ0n) is 9.28. The Kier molecular flexibility index (Phi) is 2.29. The molecule has 2 heterocycles. The summed E-state index contributed by atoms with van der Waals surface area (Å²) >= 11 is 0. The van der Waals surface area contributed by atoms with Crippen molar-refractivity contribution in [3.05, 3.63) is 0 Å². The van der Waals surface area contributed by atoms with Gasteiger partial charge in [-0.25, -0.2) is 0 Å². The summed E-state index contributed by atoms with van der Waals surface area (Å²) in [5.74, 6) is 0. The molecule has 2 saturated heterocycles. The molecule has 3 rings (SSSR count). The number of piperazine rings is 1. The fourth-order valence-electron chi connectivity index (χ4n) is 3.44. The molecule has 3 aliphatic rings. The van der Waals surface area contributed by atoms with Crippen molar-refractivity contribution in [1.82, 2.24) is 9.80 Å². The van der Waals surface area contributed by atoms with Crippen molar-refractivity contribution in [2.45, 2.75) is 57.2 Å². The van der Waals surface area contributed by atoms with Crippen LogP contribution in [0, 0.1) is 0 Å². The van der Waals surface area contributed by atoms with E-state index in [-0.39, 0.29) is 0 Å². The second-order valence-corrected chi connectivity index (χ2v) is 5.42. The number of hydrogen-bond acceptors (Lipinski definition) is 2. The first-order chi connectivity index (χ1) is 6.84. The van der Waals surface area contributed by atoms with E-state index in [1.54, 1.807) is 0 Å². The Bertz CT molecular complexity index is 212. The average molecular weight is 194 g/mol. The SMILES string of the molecule is CC1CN2CCCC2CN1C1CCC1. The number of nitrogens with zero attached hydrogens (tertiary/aromatic N) is 2. The lowest BCUT2D eigenvalue weighted by Crippen LogP contribution is -2.59. The van der Waals surface area contributed by atoms with E-state index in [9.17, 15) is 0 Å². The molecular formula is C12H22N2. The molecule has 0 aromatic rings. The van der Waals surface area contributed by atoms with Crippen molar-refractivity contribution in [2.75, 3.05) is 19.6 Å². The third-order valence-corrected chi connectivity index (χ3v) is 4.53. The van der Waals surface area contributed by atoms with Crippen LogP contribution in [0.4, 0.5) is 0 Å². The maximum atomic E-state index is 2.80. The molecule has 3 fully saturated rings. The lowest BCUT2D eigenvalue weighted by atomic mass is 9.89. The molecule has 1 saturated carbocycles. The van der Waals surface area contributed by atoms with Crippen LogP contribution in [0.2, 0.25) is 0 Å². The first kappa shape index (κ1) is 9.17. The second-order valence-electron chi connectivity index (χ2n) is 5.42. The molecule has 0 bridgehead atoms. The molecule has 80 valence electrons. The summed E-state index contributed by atoms with van der Waals surface area (Å²) in [7, 11) is 0. The zero-order valence-corrected chi connectivity index (χ0v) is 9.28. The second kappa shape index (κ2) is 3.49. The highest BCUT2D eigenvalue weighted by molar-refractivity contribution is 4.94. The van der Waals surface area contributed by atoms with Gasteiger partial charge in [0.15, 0.2) is 0 Å². The van der Waals surface area contributed by atoms with Gasteiger partial charge in [0.05, 0.1) is 0 Å². The highest BCUT2D eigenvalue weighted by atomic mass is 15.3. The number of hydrogen-bond donors (Lipinski definition) is 0. The summed E-state index contributed by atoms with van der Waals surface area (Å²) in [6.45, 7) is 6.49. The monoisotopic (exact) mass is 194 g/mol. The van der Waals surface area contributed by atoms with Crippen molar-refractivity contribution in [3.63, 3.8) is 0 Å². The fraction of sp³-hybridized carbons (Fsp3) is 1.00. The Balaban J connectivity index is 1.67. The van der Waals surface area contributed by atoms with Gasteiger partial charge in [-0.05, 0) is 39.2 Å². The predicted molar refractivity (Wildman–Crippen MR) is 58.4 cm³/mol. The third kappa shape index (κ3) is 1.40. The minimum atomic E-state index is 0.814. The highest BCUT2D eigenvalue weighted by Crippen LogP contribution is 2.32. The molecule has 1 aliphatic carbocycles. The van der Waals surface area contributed by atoms with Crippen LogP contribution in [-0.2, 0) is 0 Å². The Morgan fingerprint density at radius 3 is 2.43 bits per heavy atom. The van der Waals surface area contributed by atoms with Crippen LogP contribution < -0.4 is 0 Å². The van der Waals surface area contributed by atoms with Gasteiger partial charge in [-0.1, -0.05) is 6.42 Å². The summed E-state index contributed by atoms with van der Waals surface area (Å²) in [6, 6.07) is 2.68. The van der Waals surface area contributed by atoms with E-state index in [0.717, 1.165) is 18.1 Å². The molecule has 14 heavy (non-hydrogen) atoms. The van der Waals surface area contributed by atoms with E-state index in [1.165, 1.54) is 51.7 Å². The van der Waals surface area contributed by atoms with Gasteiger partial charge < -0.3 is 0 Å². The van der Waals surface area contributed by atoms with Crippen LogP contribution in [0.25, 0.3) is 0 Å². The normalized spacial score (nSPS) is 40.9. The first-order valence-corrected chi connectivity index (χ1v) is 6.34. The van der Waals surface area contributed by atoms with Gasteiger partial charge in [0.2, 0.25) is 0 Å². The quantitative estimate of drug-likeness (QED) is 0.627. The number of rotatable bonds is 1. The summed E-state index contributed by atoms with van der Waals surface area (Å²) < 4.78 is 0. The summed E-state index contributed by atoms with van der Waals surface area (Å²) in [4.78, 5) is 5.52. The Hall–Kier alpha value is -0.0800. The lowest BCUT2D eigenvalue weighted by molar-refractivity contribution is 0.00249. The average Bonchev–Trinajstić information content (AvgIpc) is 2.48. The minimum absolute atomic E-state index is 0.814. The predicted octanol–water partition coefficient (Wildman–Crippen LogP) is 1.71. The van der Waals surface area contributed by atoms with Crippen molar-refractivity contribution in [1.29, 1.82) is 0 Å². The van der Waals surface area contributed by atoms with Crippen molar-refractivity contribution < 1.29 is 0 Å². The molecule has 2 heteroatoms. The van der Waals surface area contributed by atoms with E-state index in [4.69, 9.17) is 0 Å². The molecule has 2 aliphatic heterocycles. The minimum Gasteiger partial charge on any atom is -0.298 e. The molecule has 0 aromatic carbocycles. The van der Waals surface area contributed by atoms with Crippen molar-refractivity contribution in [3.8, 4) is 0 Å². The smallest absolute Gasteiger partial charge is 0.0224 e. The summed E-state index contributed by atoms with van der Waals surface area (Å²) in [5.41, 5.74) is 0. The van der Waals surface area contributed by atoms with Gasteiger partial charge in [-0.2, -0.15) is 0 Å². The largest absolute Gasteiger partial charge is 0.298 e. The molecule has 0 amide bonds. The van der Waals surface area contributed by atoms with Gasteiger partial charge >= 0.3 is 0 Å². The van der Waals surface area contributed by atoms with Crippen LogP contribution >= 0.6 is 0 Å². The van der Waals surface area contributed by atoms with E-state index in [0.29, 0.717) is 0 Å². The van der Waals surface area contributed by atoms with Gasteiger partial charge in [0.25, 0.3) is 0 Å². The molecule has 0 spiro atoms. The van der Waals surface area contributed by atoms with Crippen LogP contribution in [-0.4, -0.2) is 47.6 Å². The van der Waals surface area contributed by atoms with Crippen molar-refractivity contribution >= 4 is 0 Å². The standard InChI is InChI=1S/C12H22N2/c1-10-8-13-7-3-6-12(13)9-14(10)11-4-2-5-11/h10-12H,2-9H2,1H3. The van der Waals surface area contributed by atoms with Gasteiger partial charge in [-0.15, -0.1) is 0 Å². The first-order valence-electron chi connectivity index (χ1n) is 6.34. The van der Waals surface area contributed by atoms with Crippen LogP contribution in [0.15, 0.2) is 0 Å². The third-order valence-electron chi connectivity index (χ3n) is 4.53. The van der Waals surface area contributed by atoms with E-state index in [1.807, 2.05) is 0 Å². The van der Waals surface area contributed by atoms with Crippen LogP contribution in [0.3, 0.4) is 0 Å². The number of fused-ring (bicyclic) bond motifs is 1. The summed E-state index contributed by atoms with van der Waals surface area (Å²) in [6.07, 6.45) is 7.31. The maximum absolute atomic E-state index is 2.80. The molecule has 2 unspecified atom stereocenters. The highest BCUT2D eigenvalue weighted by Gasteiger charge is 2.38. The van der Waals surface area contributed by atoms with Gasteiger partial charge in [0, 0.05) is 31.2 Å². The summed E-state index contributed by atoms with van der Waals surface area (Å²) in [5, 5.41) is 0. The Morgan fingerprint density at radius 2 is 1.71 bits per heavy atom. The molecule has 2 atom stereocenters.